The zero-order chi connectivity index (χ0) is 13.0. The summed E-state index contributed by atoms with van der Waals surface area (Å²) in [5, 5.41) is 3.22. The van der Waals surface area contributed by atoms with Gasteiger partial charge in [-0.2, -0.15) is 0 Å². The largest absolute Gasteiger partial charge is 0.354 e. The van der Waals surface area contributed by atoms with Gasteiger partial charge < -0.3 is 5.32 Å². The minimum Gasteiger partial charge on any atom is -0.354 e. The topological polar surface area (TPSA) is 50.7 Å². The fourth-order valence-electron chi connectivity index (χ4n) is 1.75. The minimum atomic E-state index is 0.690. The van der Waals surface area contributed by atoms with Crippen molar-refractivity contribution in [1.82, 2.24) is 15.0 Å². The molecule has 4 heteroatoms. The zero-order valence-electron chi connectivity index (χ0n) is 11.1. The molecule has 0 aromatic carbocycles. The fourth-order valence-corrected chi connectivity index (χ4v) is 1.75. The third kappa shape index (κ3) is 2.83. The quantitative estimate of drug-likeness (QED) is 0.895. The van der Waals surface area contributed by atoms with Gasteiger partial charge in [-0.05, 0) is 38.0 Å². The summed E-state index contributed by atoms with van der Waals surface area (Å²) in [6, 6.07) is 3.98. The number of hydrogen-bond acceptors (Lipinski definition) is 4. The van der Waals surface area contributed by atoms with Gasteiger partial charge in [0.05, 0.1) is 5.69 Å². The summed E-state index contributed by atoms with van der Waals surface area (Å²) in [4.78, 5) is 13.1. The van der Waals surface area contributed by atoms with Crippen LogP contribution in [0.2, 0.25) is 0 Å². The van der Waals surface area contributed by atoms with Crippen LogP contribution in [0.3, 0.4) is 0 Å². The zero-order valence-corrected chi connectivity index (χ0v) is 11.1. The highest BCUT2D eigenvalue weighted by Gasteiger charge is 2.06. The second kappa shape index (κ2) is 5.58. The van der Waals surface area contributed by atoms with E-state index in [-0.39, 0.29) is 0 Å². The van der Waals surface area contributed by atoms with E-state index in [1.54, 1.807) is 6.20 Å². The third-order valence-electron chi connectivity index (χ3n) is 2.70. The van der Waals surface area contributed by atoms with Crippen molar-refractivity contribution in [2.75, 3.05) is 11.9 Å². The average Bonchev–Trinajstić information content (AvgIpc) is 2.36. The number of aromatic nitrogens is 3. The van der Waals surface area contributed by atoms with Crippen LogP contribution in [-0.4, -0.2) is 21.5 Å². The highest BCUT2D eigenvalue weighted by atomic mass is 15.1. The first-order valence-corrected chi connectivity index (χ1v) is 6.21. The van der Waals surface area contributed by atoms with Crippen molar-refractivity contribution in [1.29, 1.82) is 0 Å². The normalized spacial score (nSPS) is 10.4. The van der Waals surface area contributed by atoms with Crippen LogP contribution in [0.4, 0.5) is 5.95 Å². The smallest absolute Gasteiger partial charge is 0.223 e. The van der Waals surface area contributed by atoms with Gasteiger partial charge in [-0.15, -0.1) is 0 Å². The summed E-state index contributed by atoms with van der Waals surface area (Å²) < 4.78 is 0. The SMILES string of the molecule is CCCNc1nc(C)cc(-c2cnccc2C)n1. The third-order valence-corrected chi connectivity index (χ3v) is 2.70. The second-order valence-electron chi connectivity index (χ2n) is 4.34. The lowest BCUT2D eigenvalue weighted by atomic mass is 10.1. The lowest BCUT2D eigenvalue weighted by Gasteiger charge is -2.08. The Hall–Kier alpha value is -1.97. The molecule has 4 nitrogen and oxygen atoms in total. The minimum absolute atomic E-state index is 0.690. The molecule has 0 aliphatic carbocycles. The molecule has 18 heavy (non-hydrogen) atoms. The van der Waals surface area contributed by atoms with Crippen molar-refractivity contribution >= 4 is 5.95 Å². The van der Waals surface area contributed by atoms with Crippen LogP contribution in [0.15, 0.2) is 24.5 Å². The van der Waals surface area contributed by atoms with Crippen LogP contribution in [0, 0.1) is 13.8 Å². The Balaban J connectivity index is 2.39. The summed E-state index contributed by atoms with van der Waals surface area (Å²) in [5.74, 6) is 0.690. The number of hydrogen-bond donors (Lipinski definition) is 1. The highest BCUT2D eigenvalue weighted by Crippen LogP contribution is 2.21. The molecule has 2 aromatic heterocycles. The van der Waals surface area contributed by atoms with E-state index in [4.69, 9.17) is 0 Å². The molecule has 0 atom stereocenters. The lowest BCUT2D eigenvalue weighted by Crippen LogP contribution is -2.06. The van der Waals surface area contributed by atoms with Crippen LogP contribution in [0.25, 0.3) is 11.3 Å². The Morgan fingerprint density at radius 1 is 1.22 bits per heavy atom. The van der Waals surface area contributed by atoms with Crippen molar-refractivity contribution < 1.29 is 0 Å². The Bertz CT molecular complexity index is 537. The molecule has 0 spiro atoms. The Labute approximate surface area is 108 Å². The molecule has 0 aliphatic heterocycles. The van der Waals surface area contributed by atoms with Gasteiger partial charge in [-0.3, -0.25) is 4.98 Å². The molecule has 0 saturated heterocycles. The van der Waals surface area contributed by atoms with E-state index in [0.717, 1.165) is 29.9 Å². The first-order valence-electron chi connectivity index (χ1n) is 6.21. The van der Waals surface area contributed by atoms with Crippen molar-refractivity contribution in [3.05, 3.63) is 35.8 Å². The molecule has 0 amide bonds. The molecule has 1 N–H and O–H groups in total. The maximum atomic E-state index is 4.54. The number of pyridine rings is 1. The maximum absolute atomic E-state index is 4.54. The molecule has 0 unspecified atom stereocenters. The Kier molecular flexibility index (Phi) is 3.87. The molecule has 0 radical (unpaired) electrons. The van der Waals surface area contributed by atoms with E-state index < -0.39 is 0 Å². The number of aryl methyl sites for hydroxylation is 2. The fraction of sp³-hybridized carbons (Fsp3) is 0.357. The molecular weight excluding hydrogens is 224 g/mol. The molecule has 2 aromatic rings. The van der Waals surface area contributed by atoms with E-state index in [2.05, 4.69) is 34.1 Å². The van der Waals surface area contributed by atoms with E-state index in [1.807, 2.05) is 25.3 Å². The van der Waals surface area contributed by atoms with Crippen LogP contribution in [0.1, 0.15) is 24.6 Å². The summed E-state index contributed by atoms with van der Waals surface area (Å²) in [5.41, 5.74) is 4.11. The number of rotatable bonds is 4. The van der Waals surface area contributed by atoms with E-state index >= 15 is 0 Å². The van der Waals surface area contributed by atoms with Gasteiger partial charge >= 0.3 is 0 Å². The van der Waals surface area contributed by atoms with E-state index in [1.165, 1.54) is 5.56 Å². The van der Waals surface area contributed by atoms with Gasteiger partial charge in [0.15, 0.2) is 0 Å². The van der Waals surface area contributed by atoms with E-state index in [9.17, 15) is 0 Å². The van der Waals surface area contributed by atoms with Gasteiger partial charge in [0.2, 0.25) is 5.95 Å². The van der Waals surface area contributed by atoms with Crippen molar-refractivity contribution in [2.45, 2.75) is 27.2 Å². The van der Waals surface area contributed by atoms with Crippen LogP contribution in [0.5, 0.6) is 0 Å². The van der Waals surface area contributed by atoms with Crippen LogP contribution < -0.4 is 5.32 Å². The van der Waals surface area contributed by atoms with Gasteiger partial charge in [-0.1, -0.05) is 6.92 Å². The molecule has 2 rings (SSSR count). The standard InChI is InChI=1S/C14H18N4/c1-4-6-16-14-17-11(3)8-13(18-14)12-9-15-7-5-10(12)2/h5,7-9H,4,6H2,1-3H3,(H,16,17,18). The summed E-state index contributed by atoms with van der Waals surface area (Å²) in [6.07, 6.45) is 4.70. The molecule has 0 aliphatic rings. The van der Waals surface area contributed by atoms with Crippen LogP contribution >= 0.6 is 0 Å². The molecular formula is C14H18N4. The molecule has 0 saturated carbocycles. The second-order valence-corrected chi connectivity index (χ2v) is 4.34. The van der Waals surface area contributed by atoms with Crippen molar-refractivity contribution in [2.24, 2.45) is 0 Å². The molecule has 0 bridgehead atoms. The molecule has 2 heterocycles. The summed E-state index contributed by atoms with van der Waals surface area (Å²) >= 11 is 0. The van der Waals surface area contributed by atoms with Crippen LogP contribution in [-0.2, 0) is 0 Å². The maximum Gasteiger partial charge on any atom is 0.223 e. The number of nitrogens with one attached hydrogen (secondary N) is 1. The monoisotopic (exact) mass is 242 g/mol. The first-order chi connectivity index (χ1) is 8.70. The lowest BCUT2D eigenvalue weighted by molar-refractivity contribution is 0.947. The summed E-state index contributed by atoms with van der Waals surface area (Å²) in [7, 11) is 0. The number of nitrogens with zero attached hydrogens (tertiary/aromatic N) is 3. The highest BCUT2D eigenvalue weighted by molar-refractivity contribution is 5.63. The predicted molar refractivity (Wildman–Crippen MR) is 73.5 cm³/mol. The Morgan fingerprint density at radius 2 is 2.06 bits per heavy atom. The summed E-state index contributed by atoms with van der Waals surface area (Å²) in [6.45, 7) is 7.05. The van der Waals surface area contributed by atoms with Gasteiger partial charge in [0.25, 0.3) is 0 Å². The predicted octanol–water partition coefficient (Wildman–Crippen LogP) is 2.98. The average molecular weight is 242 g/mol. The first kappa shape index (κ1) is 12.5. The number of anilines is 1. The van der Waals surface area contributed by atoms with Crippen molar-refractivity contribution in [3.8, 4) is 11.3 Å². The van der Waals surface area contributed by atoms with E-state index in [0.29, 0.717) is 5.95 Å². The van der Waals surface area contributed by atoms with Gasteiger partial charge in [-0.25, -0.2) is 9.97 Å². The van der Waals surface area contributed by atoms with Crippen molar-refractivity contribution in [3.63, 3.8) is 0 Å². The van der Waals surface area contributed by atoms with Gasteiger partial charge in [0, 0.05) is 30.2 Å². The molecule has 0 fully saturated rings. The Morgan fingerprint density at radius 3 is 2.78 bits per heavy atom. The van der Waals surface area contributed by atoms with Gasteiger partial charge in [0.1, 0.15) is 0 Å². The molecule has 94 valence electrons.